The quantitative estimate of drug-likeness (QED) is 0.568. The standard InChI is InChI=1S/C22H36N4O4/c1-5-29-18-7-8-20(30-6-2)19(13-18)24-22(28)16-26-11-9-25(10-12-26)15-21(27)23-14-17(3)4/h7-8,13,17H,5-6,9-12,14-16H2,1-4H3,(H,23,27)(H,24,28). The summed E-state index contributed by atoms with van der Waals surface area (Å²) in [6.07, 6.45) is 0. The number of piperazine rings is 1. The Morgan fingerprint density at radius 2 is 1.57 bits per heavy atom. The van der Waals surface area contributed by atoms with Crippen LogP contribution in [0, 0.1) is 5.92 Å². The van der Waals surface area contributed by atoms with Gasteiger partial charge in [-0.1, -0.05) is 13.8 Å². The summed E-state index contributed by atoms with van der Waals surface area (Å²) in [4.78, 5) is 28.8. The largest absolute Gasteiger partial charge is 0.494 e. The molecule has 0 saturated carbocycles. The molecule has 2 amide bonds. The lowest BCUT2D eigenvalue weighted by Crippen LogP contribution is -2.51. The van der Waals surface area contributed by atoms with E-state index in [0.29, 0.717) is 56.0 Å². The first kappa shape index (κ1) is 24.0. The Morgan fingerprint density at radius 1 is 0.967 bits per heavy atom. The van der Waals surface area contributed by atoms with E-state index in [2.05, 4.69) is 34.3 Å². The van der Waals surface area contributed by atoms with Crippen LogP contribution in [-0.2, 0) is 9.59 Å². The fourth-order valence-corrected chi connectivity index (χ4v) is 3.22. The number of carbonyl (C=O) groups is 2. The Hall–Kier alpha value is -2.32. The summed E-state index contributed by atoms with van der Waals surface area (Å²) in [5, 5.41) is 5.90. The second-order valence-electron chi connectivity index (χ2n) is 7.82. The normalized spacial score (nSPS) is 15.1. The molecule has 2 rings (SSSR count). The van der Waals surface area contributed by atoms with E-state index in [1.165, 1.54) is 0 Å². The first-order valence-electron chi connectivity index (χ1n) is 10.8. The first-order valence-corrected chi connectivity index (χ1v) is 10.8. The molecule has 0 radical (unpaired) electrons. The van der Waals surface area contributed by atoms with Crippen molar-refractivity contribution >= 4 is 17.5 Å². The molecule has 0 bridgehead atoms. The Kier molecular flexibility index (Phi) is 9.89. The van der Waals surface area contributed by atoms with E-state index in [-0.39, 0.29) is 11.8 Å². The summed E-state index contributed by atoms with van der Waals surface area (Å²) in [5.41, 5.74) is 0.619. The smallest absolute Gasteiger partial charge is 0.238 e. The molecular formula is C22H36N4O4. The highest BCUT2D eigenvalue weighted by Crippen LogP contribution is 2.29. The van der Waals surface area contributed by atoms with Gasteiger partial charge in [-0.3, -0.25) is 19.4 Å². The summed E-state index contributed by atoms with van der Waals surface area (Å²) < 4.78 is 11.1. The zero-order valence-corrected chi connectivity index (χ0v) is 18.7. The molecule has 0 unspecified atom stereocenters. The van der Waals surface area contributed by atoms with Crippen LogP contribution < -0.4 is 20.1 Å². The van der Waals surface area contributed by atoms with Gasteiger partial charge in [0.1, 0.15) is 11.5 Å². The van der Waals surface area contributed by atoms with Crippen molar-refractivity contribution in [3.63, 3.8) is 0 Å². The van der Waals surface area contributed by atoms with Gasteiger partial charge in [0.15, 0.2) is 0 Å². The minimum Gasteiger partial charge on any atom is -0.494 e. The van der Waals surface area contributed by atoms with Crippen molar-refractivity contribution in [1.82, 2.24) is 15.1 Å². The molecule has 0 atom stereocenters. The number of nitrogens with one attached hydrogen (secondary N) is 2. The number of hydrogen-bond donors (Lipinski definition) is 2. The molecule has 1 aromatic rings. The average Bonchev–Trinajstić information content (AvgIpc) is 2.70. The van der Waals surface area contributed by atoms with Crippen LogP contribution >= 0.6 is 0 Å². The number of nitrogens with zero attached hydrogens (tertiary/aromatic N) is 2. The lowest BCUT2D eigenvalue weighted by Gasteiger charge is -2.33. The van der Waals surface area contributed by atoms with Crippen molar-refractivity contribution < 1.29 is 19.1 Å². The topological polar surface area (TPSA) is 83.1 Å². The van der Waals surface area contributed by atoms with Gasteiger partial charge in [-0.2, -0.15) is 0 Å². The molecular weight excluding hydrogens is 384 g/mol. The average molecular weight is 421 g/mol. The van der Waals surface area contributed by atoms with E-state index >= 15 is 0 Å². The predicted octanol–water partition coefficient (Wildman–Crippen LogP) is 1.81. The maximum Gasteiger partial charge on any atom is 0.238 e. The zero-order valence-electron chi connectivity index (χ0n) is 18.7. The summed E-state index contributed by atoms with van der Waals surface area (Å²) in [6, 6.07) is 5.44. The molecule has 168 valence electrons. The van der Waals surface area contributed by atoms with Gasteiger partial charge in [0, 0.05) is 38.8 Å². The van der Waals surface area contributed by atoms with Crippen LogP contribution in [0.1, 0.15) is 27.7 Å². The lowest BCUT2D eigenvalue weighted by atomic mass is 10.2. The second-order valence-corrected chi connectivity index (χ2v) is 7.82. The van der Waals surface area contributed by atoms with E-state index in [1.54, 1.807) is 6.07 Å². The van der Waals surface area contributed by atoms with E-state index in [0.717, 1.165) is 26.2 Å². The fraction of sp³-hybridized carbons (Fsp3) is 0.636. The highest BCUT2D eigenvalue weighted by molar-refractivity contribution is 5.94. The van der Waals surface area contributed by atoms with Crippen molar-refractivity contribution in [2.45, 2.75) is 27.7 Å². The van der Waals surface area contributed by atoms with Crippen molar-refractivity contribution in [3.05, 3.63) is 18.2 Å². The molecule has 0 aromatic heterocycles. The van der Waals surface area contributed by atoms with E-state index in [4.69, 9.17) is 9.47 Å². The monoisotopic (exact) mass is 420 g/mol. The third-order valence-electron chi connectivity index (χ3n) is 4.74. The van der Waals surface area contributed by atoms with E-state index in [9.17, 15) is 9.59 Å². The van der Waals surface area contributed by atoms with Crippen molar-refractivity contribution in [3.8, 4) is 11.5 Å². The number of rotatable bonds is 11. The molecule has 2 N–H and O–H groups in total. The fourth-order valence-electron chi connectivity index (χ4n) is 3.22. The Labute approximate surface area is 179 Å². The molecule has 1 heterocycles. The van der Waals surface area contributed by atoms with Gasteiger partial charge < -0.3 is 20.1 Å². The Balaban J connectivity index is 1.81. The molecule has 0 aliphatic carbocycles. The molecule has 1 fully saturated rings. The third-order valence-corrected chi connectivity index (χ3v) is 4.74. The highest BCUT2D eigenvalue weighted by atomic mass is 16.5. The van der Waals surface area contributed by atoms with Crippen LogP contribution in [0.2, 0.25) is 0 Å². The maximum absolute atomic E-state index is 12.6. The predicted molar refractivity (Wildman–Crippen MR) is 118 cm³/mol. The number of benzene rings is 1. The third kappa shape index (κ3) is 8.20. The Morgan fingerprint density at radius 3 is 2.13 bits per heavy atom. The van der Waals surface area contributed by atoms with E-state index < -0.39 is 0 Å². The number of ether oxygens (including phenoxy) is 2. The Bertz CT molecular complexity index is 688. The minimum atomic E-state index is -0.0901. The van der Waals surface area contributed by atoms with Crippen LogP contribution in [0.15, 0.2) is 18.2 Å². The molecule has 1 aromatic carbocycles. The second kappa shape index (κ2) is 12.4. The zero-order chi connectivity index (χ0) is 21.9. The first-order chi connectivity index (χ1) is 14.4. The minimum absolute atomic E-state index is 0.0625. The summed E-state index contributed by atoms with van der Waals surface area (Å²) >= 11 is 0. The van der Waals surface area contributed by atoms with Crippen LogP contribution in [0.5, 0.6) is 11.5 Å². The van der Waals surface area contributed by atoms with Crippen molar-refractivity contribution in [1.29, 1.82) is 0 Å². The van der Waals surface area contributed by atoms with Gasteiger partial charge >= 0.3 is 0 Å². The molecule has 1 saturated heterocycles. The summed E-state index contributed by atoms with van der Waals surface area (Å²) in [7, 11) is 0. The molecule has 8 nitrogen and oxygen atoms in total. The van der Waals surface area contributed by atoms with Gasteiger partial charge in [0.05, 0.1) is 32.0 Å². The van der Waals surface area contributed by atoms with Crippen LogP contribution in [0.4, 0.5) is 5.69 Å². The van der Waals surface area contributed by atoms with Gasteiger partial charge in [0.25, 0.3) is 0 Å². The number of amides is 2. The SMILES string of the molecule is CCOc1ccc(OCC)c(NC(=O)CN2CCN(CC(=O)NCC(C)C)CC2)c1. The molecule has 30 heavy (non-hydrogen) atoms. The van der Waals surface area contributed by atoms with Gasteiger partial charge in [-0.15, -0.1) is 0 Å². The van der Waals surface area contributed by atoms with E-state index in [1.807, 2.05) is 26.0 Å². The van der Waals surface area contributed by atoms with Gasteiger partial charge in [-0.25, -0.2) is 0 Å². The van der Waals surface area contributed by atoms with Crippen LogP contribution in [0.25, 0.3) is 0 Å². The lowest BCUT2D eigenvalue weighted by molar-refractivity contribution is -0.123. The van der Waals surface area contributed by atoms with Crippen molar-refractivity contribution in [2.75, 3.05) is 64.3 Å². The van der Waals surface area contributed by atoms with Gasteiger partial charge in [-0.05, 0) is 31.9 Å². The van der Waals surface area contributed by atoms with Crippen LogP contribution in [-0.4, -0.2) is 80.6 Å². The van der Waals surface area contributed by atoms with Crippen molar-refractivity contribution in [2.24, 2.45) is 5.92 Å². The number of hydrogen-bond acceptors (Lipinski definition) is 6. The van der Waals surface area contributed by atoms with Crippen LogP contribution in [0.3, 0.4) is 0 Å². The number of anilines is 1. The number of carbonyl (C=O) groups excluding carboxylic acids is 2. The maximum atomic E-state index is 12.6. The molecule has 1 aliphatic heterocycles. The van der Waals surface area contributed by atoms with Gasteiger partial charge in [0.2, 0.25) is 11.8 Å². The summed E-state index contributed by atoms with van der Waals surface area (Å²) in [6.45, 7) is 13.5. The molecule has 0 spiro atoms. The summed E-state index contributed by atoms with van der Waals surface area (Å²) in [5.74, 6) is 1.74. The molecule has 1 aliphatic rings. The highest BCUT2D eigenvalue weighted by Gasteiger charge is 2.21. The molecule has 8 heteroatoms.